The van der Waals surface area contributed by atoms with Gasteiger partial charge in [-0.25, -0.2) is 14.4 Å². The SMILES string of the molecule is CC(C)n1cnc2cc(-c3ccc4c(c3)N(C3CC(N5CCCCC5)C3)C(=O)C43CCN(C(=O)[C@@H]4CCN(C(=O)C5CCC(Nc6cccc7c6C(=O)N(C6CCC(=O)NC6=O)C7=O)CC5)C4)CC3)nc(Nc3ccccc3F)c21. The lowest BCUT2D eigenvalue weighted by Gasteiger charge is -2.48. The van der Waals surface area contributed by atoms with E-state index in [0.29, 0.717) is 100 Å². The summed E-state index contributed by atoms with van der Waals surface area (Å²) in [6.45, 7) is 8.07. The number of amides is 7. The summed E-state index contributed by atoms with van der Waals surface area (Å²) < 4.78 is 17.2. The van der Waals surface area contributed by atoms with Crippen LogP contribution >= 0.6 is 0 Å². The predicted molar refractivity (Wildman–Crippen MR) is 297 cm³/mol. The summed E-state index contributed by atoms with van der Waals surface area (Å²) in [7, 11) is 0. The van der Waals surface area contributed by atoms with Gasteiger partial charge in [-0.05, 0) is 146 Å². The second-order valence-corrected chi connectivity index (χ2v) is 23.9. The lowest BCUT2D eigenvalue weighted by molar-refractivity contribution is -0.140. The van der Waals surface area contributed by atoms with E-state index in [9.17, 15) is 28.8 Å². The van der Waals surface area contributed by atoms with Crippen molar-refractivity contribution in [2.75, 3.05) is 54.8 Å². The first kappa shape index (κ1) is 51.9. The van der Waals surface area contributed by atoms with E-state index in [1.807, 2.05) is 26.5 Å². The maximum atomic E-state index is 15.3. The van der Waals surface area contributed by atoms with Crippen LogP contribution < -0.4 is 20.9 Å². The standard InChI is InChI=1S/C61H68FN11O7/c1-35(2)71-34-63-48-32-47(66-54(53(48)71)65-45-11-5-4-10-44(45)62)37-15-18-43-50(29-37)72(41-30-40(31-41)68-24-6-3-7-25-68)60(80)61(43)22-27-69(28-23-61)57(77)38-21-26-70(33-38)56(76)36-13-16-39(17-14-36)64-46-12-8-9-42-52(46)59(79)73(58(42)78)49-19-20-51(74)67-55(49)75/h4-5,8-12,15,18,29,32,34-36,38-41,49,64H,3,6-7,13-14,16-17,19-28,30-31,33H2,1-2H3,(H,65,66)(H,67,74,75)/t36?,38-,39?,40?,41?,49?/m1/s1. The van der Waals surface area contributed by atoms with Crippen LogP contribution in [0.5, 0.6) is 0 Å². The number of imidazole rings is 1. The summed E-state index contributed by atoms with van der Waals surface area (Å²) >= 11 is 0. The van der Waals surface area contributed by atoms with Crippen LogP contribution in [0.4, 0.5) is 27.3 Å². The third-order valence-corrected chi connectivity index (χ3v) is 19.0. The highest BCUT2D eigenvalue weighted by molar-refractivity contribution is 6.25. The Kier molecular flexibility index (Phi) is 13.3. The molecule has 2 aliphatic carbocycles. The molecule has 4 saturated heterocycles. The number of benzene rings is 3. The second kappa shape index (κ2) is 20.5. The van der Waals surface area contributed by atoms with Crippen molar-refractivity contribution >= 4 is 75.3 Å². The van der Waals surface area contributed by atoms with Gasteiger partial charge in [0.2, 0.25) is 29.5 Å². The van der Waals surface area contributed by atoms with Gasteiger partial charge in [0.1, 0.15) is 17.4 Å². The van der Waals surface area contributed by atoms with Crippen molar-refractivity contribution in [2.45, 2.75) is 139 Å². The third kappa shape index (κ3) is 8.90. The molecule has 2 aromatic heterocycles. The maximum Gasteiger partial charge on any atom is 0.264 e. The summed E-state index contributed by atoms with van der Waals surface area (Å²) in [4.78, 5) is 115. The number of imide groups is 2. The highest BCUT2D eigenvalue weighted by atomic mass is 19.1. The first-order chi connectivity index (χ1) is 38.7. The smallest absolute Gasteiger partial charge is 0.264 e. The number of nitrogens with one attached hydrogen (secondary N) is 3. The van der Waals surface area contributed by atoms with Crippen LogP contribution in [0.3, 0.4) is 0 Å². The Morgan fingerprint density at radius 2 is 1.50 bits per heavy atom. The van der Waals surface area contributed by atoms with Crippen LogP contribution in [0.2, 0.25) is 0 Å². The number of fused-ring (bicyclic) bond motifs is 4. The Hall–Kier alpha value is -7.54. The first-order valence-electron chi connectivity index (χ1n) is 29.0. The Morgan fingerprint density at radius 3 is 2.25 bits per heavy atom. The fraction of sp³-hybridized carbons (Fsp3) is 0.492. The second-order valence-electron chi connectivity index (χ2n) is 23.9. The van der Waals surface area contributed by atoms with Crippen molar-refractivity contribution in [3.05, 3.63) is 95.6 Å². The van der Waals surface area contributed by atoms with Crippen molar-refractivity contribution in [1.29, 1.82) is 0 Å². The molecule has 5 aromatic rings. The molecule has 0 radical (unpaired) electrons. The minimum Gasteiger partial charge on any atom is -0.382 e. The molecule has 1 unspecified atom stereocenters. The maximum absolute atomic E-state index is 15.3. The number of hydrogen-bond donors (Lipinski definition) is 3. The van der Waals surface area contributed by atoms with Crippen molar-refractivity contribution in [3.63, 3.8) is 0 Å². The molecule has 2 atom stereocenters. The molecule has 80 heavy (non-hydrogen) atoms. The van der Waals surface area contributed by atoms with E-state index in [-0.39, 0.29) is 71.7 Å². The Morgan fingerprint density at radius 1 is 0.750 bits per heavy atom. The number of carbonyl (C=O) groups is 7. The summed E-state index contributed by atoms with van der Waals surface area (Å²) in [5, 5.41) is 8.99. The summed E-state index contributed by atoms with van der Waals surface area (Å²) in [6.07, 6.45) is 11.6. The van der Waals surface area contributed by atoms with Crippen molar-refractivity contribution in [3.8, 4) is 11.3 Å². The van der Waals surface area contributed by atoms with E-state index >= 15 is 9.18 Å². The zero-order chi connectivity index (χ0) is 55.1. The lowest BCUT2D eigenvalue weighted by atomic mass is 9.73. The van der Waals surface area contributed by atoms with E-state index in [4.69, 9.17) is 9.97 Å². The predicted octanol–water partition coefficient (Wildman–Crippen LogP) is 7.71. The average molecular weight is 1090 g/mol. The lowest BCUT2D eigenvalue weighted by Crippen LogP contribution is -2.58. The summed E-state index contributed by atoms with van der Waals surface area (Å²) in [5.74, 6) is -2.44. The van der Waals surface area contributed by atoms with E-state index in [2.05, 4.69) is 51.7 Å². The molecule has 6 fully saturated rings. The molecule has 18 nitrogen and oxygen atoms in total. The molecule has 0 bridgehead atoms. The Labute approximate surface area is 463 Å². The molecule has 2 saturated carbocycles. The van der Waals surface area contributed by atoms with Gasteiger partial charge in [-0.15, -0.1) is 0 Å². The molecular formula is C61H68FN11O7. The van der Waals surface area contributed by atoms with Gasteiger partial charge in [0.05, 0.1) is 45.7 Å². The number of carbonyl (C=O) groups excluding carboxylic acids is 7. The van der Waals surface area contributed by atoms with Crippen LogP contribution in [-0.4, -0.2) is 139 Å². The van der Waals surface area contributed by atoms with E-state index in [1.165, 1.54) is 25.3 Å². The molecule has 3 aromatic carbocycles. The zero-order valence-corrected chi connectivity index (χ0v) is 45.4. The largest absolute Gasteiger partial charge is 0.382 e. The monoisotopic (exact) mass is 1090 g/mol. The number of pyridine rings is 1. The molecule has 8 aliphatic rings. The van der Waals surface area contributed by atoms with Crippen LogP contribution in [-0.2, 0) is 29.4 Å². The van der Waals surface area contributed by atoms with Crippen LogP contribution in [0, 0.1) is 17.7 Å². The Balaban J connectivity index is 0.675. The van der Waals surface area contributed by atoms with Gasteiger partial charge in [-0.1, -0.05) is 36.8 Å². The molecule has 19 heteroatoms. The van der Waals surface area contributed by atoms with Crippen molar-refractivity contribution in [1.82, 2.24) is 39.5 Å². The molecule has 3 N–H and O–H groups in total. The number of nitrogens with zero attached hydrogens (tertiary/aromatic N) is 8. The number of halogens is 1. The molecule has 6 aliphatic heterocycles. The Bertz CT molecular complexity index is 3370. The van der Waals surface area contributed by atoms with Crippen LogP contribution in [0.1, 0.15) is 136 Å². The number of aromatic nitrogens is 3. The molecular weight excluding hydrogens is 1020 g/mol. The van der Waals surface area contributed by atoms with Gasteiger partial charge in [0.15, 0.2) is 5.82 Å². The molecule has 1 spiro atoms. The topological polar surface area (TPSA) is 202 Å². The number of para-hydroxylation sites is 1. The fourth-order valence-electron chi connectivity index (χ4n) is 14.5. The quantitative estimate of drug-likeness (QED) is 0.109. The van der Waals surface area contributed by atoms with Crippen LogP contribution in [0.15, 0.2) is 73.1 Å². The molecule has 8 heterocycles. The van der Waals surface area contributed by atoms with Crippen LogP contribution in [0.25, 0.3) is 22.3 Å². The highest BCUT2D eigenvalue weighted by Gasteiger charge is 2.56. The van der Waals surface area contributed by atoms with Crippen molar-refractivity contribution in [2.24, 2.45) is 11.8 Å². The van der Waals surface area contributed by atoms with Gasteiger partial charge < -0.3 is 34.8 Å². The number of rotatable bonds is 11. The molecule has 416 valence electrons. The number of piperidine rings is 3. The minimum absolute atomic E-state index is 0.0325. The third-order valence-electron chi connectivity index (χ3n) is 19.0. The van der Waals surface area contributed by atoms with E-state index in [0.717, 1.165) is 58.7 Å². The van der Waals surface area contributed by atoms with Gasteiger partial charge in [0, 0.05) is 79.6 Å². The highest BCUT2D eigenvalue weighted by Crippen LogP contribution is 2.53. The number of likely N-dealkylation sites (tertiary alicyclic amines) is 3. The first-order valence-corrected chi connectivity index (χ1v) is 29.0. The molecule has 13 rings (SSSR count). The summed E-state index contributed by atoms with van der Waals surface area (Å²) in [5.41, 5.74) is 5.32. The van der Waals surface area contributed by atoms with Gasteiger partial charge in [0.25, 0.3) is 11.8 Å². The zero-order valence-electron chi connectivity index (χ0n) is 45.4. The van der Waals surface area contributed by atoms with E-state index < -0.39 is 40.9 Å². The number of hydrogen-bond acceptors (Lipinski definition) is 12. The van der Waals surface area contributed by atoms with E-state index in [1.54, 1.807) is 42.7 Å². The molecule has 7 amide bonds. The average Bonchev–Trinajstić information content (AvgIpc) is 4.43. The minimum atomic E-state index is -1.05. The van der Waals surface area contributed by atoms with Gasteiger partial charge in [-0.2, -0.15) is 0 Å². The summed E-state index contributed by atoms with van der Waals surface area (Å²) in [6, 6.07) is 19.3. The van der Waals surface area contributed by atoms with Gasteiger partial charge in [-0.3, -0.25) is 43.8 Å². The van der Waals surface area contributed by atoms with Crippen molar-refractivity contribution < 1.29 is 38.0 Å². The fourth-order valence-corrected chi connectivity index (χ4v) is 14.5. The normalized spacial score (nSPS) is 25.8. The number of anilines is 4. The van der Waals surface area contributed by atoms with Gasteiger partial charge >= 0.3 is 0 Å².